The summed E-state index contributed by atoms with van der Waals surface area (Å²) in [6.07, 6.45) is 1.74. The SMILES string of the molecule is NC(=S)C1CCN(C(=O)NCc2ccccc2)CC1. The van der Waals surface area contributed by atoms with Crippen LogP contribution in [0.15, 0.2) is 30.3 Å². The van der Waals surface area contributed by atoms with Gasteiger partial charge in [0.15, 0.2) is 0 Å². The molecular formula is C14H19N3OS. The summed E-state index contributed by atoms with van der Waals surface area (Å²) in [5, 5.41) is 2.94. The molecule has 1 aromatic carbocycles. The topological polar surface area (TPSA) is 58.4 Å². The molecule has 102 valence electrons. The number of nitrogens with two attached hydrogens (primary N) is 1. The summed E-state index contributed by atoms with van der Waals surface area (Å²) < 4.78 is 0. The van der Waals surface area contributed by atoms with Crippen LogP contribution in [-0.4, -0.2) is 29.0 Å². The molecule has 1 aliphatic heterocycles. The molecule has 1 aromatic rings. The molecule has 0 aromatic heterocycles. The fraction of sp³-hybridized carbons (Fsp3) is 0.429. The van der Waals surface area contributed by atoms with Crippen LogP contribution in [0.5, 0.6) is 0 Å². The van der Waals surface area contributed by atoms with Crippen LogP contribution < -0.4 is 11.1 Å². The average molecular weight is 277 g/mol. The maximum absolute atomic E-state index is 12.0. The van der Waals surface area contributed by atoms with E-state index in [2.05, 4.69) is 5.32 Å². The number of carbonyl (C=O) groups excluding carboxylic acids is 1. The van der Waals surface area contributed by atoms with Gasteiger partial charge in [0.2, 0.25) is 0 Å². The second-order valence-corrected chi connectivity index (χ2v) is 5.28. The number of hydrogen-bond donors (Lipinski definition) is 2. The van der Waals surface area contributed by atoms with E-state index in [9.17, 15) is 4.79 Å². The van der Waals surface area contributed by atoms with Gasteiger partial charge in [-0.3, -0.25) is 0 Å². The van der Waals surface area contributed by atoms with E-state index >= 15 is 0 Å². The van der Waals surface area contributed by atoms with E-state index in [1.807, 2.05) is 35.2 Å². The predicted octanol–water partition coefficient (Wildman–Crippen LogP) is 1.89. The molecule has 1 aliphatic rings. The number of hydrogen-bond acceptors (Lipinski definition) is 2. The van der Waals surface area contributed by atoms with Gasteiger partial charge in [0.05, 0.1) is 4.99 Å². The highest BCUT2D eigenvalue weighted by atomic mass is 32.1. The van der Waals surface area contributed by atoms with Gasteiger partial charge in [-0.05, 0) is 18.4 Å². The molecule has 4 nitrogen and oxygen atoms in total. The Hall–Kier alpha value is -1.62. The minimum Gasteiger partial charge on any atom is -0.393 e. The summed E-state index contributed by atoms with van der Waals surface area (Å²) in [5.41, 5.74) is 6.74. The molecule has 1 heterocycles. The van der Waals surface area contributed by atoms with E-state index in [0.717, 1.165) is 31.5 Å². The van der Waals surface area contributed by atoms with Gasteiger partial charge in [-0.15, -0.1) is 0 Å². The third-order valence-corrected chi connectivity index (χ3v) is 3.80. The zero-order valence-electron chi connectivity index (χ0n) is 10.8. The lowest BCUT2D eigenvalue weighted by Gasteiger charge is -2.31. The summed E-state index contributed by atoms with van der Waals surface area (Å²) in [6.45, 7) is 2.01. The number of piperidine rings is 1. The van der Waals surface area contributed by atoms with E-state index < -0.39 is 0 Å². The molecule has 5 heteroatoms. The van der Waals surface area contributed by atoms with Crippen LogP contribution in [0.1, 0.15) is 18.4 Å². The molecule has 1 saturated heterocycles. The maximum Gasteiger partial charge on any atom is 0.317 e. The Labute approximate surface area is 119 Å². The standard InChI is InChI=1S/C14H19N3OS/c15-13(19)12-6-8-17(9-7-12)14(18)16-10-11-4-2-1-3-5-11/h1-5,12H,6-10H2,(H2,15,19)(H,16,18). The molecule has 2 rings (SSSR count). The zero-order chi connectivity index (χ0) is 13.7. The largest absolute Gasteiger partial charge is 0.393 e. The lowest BCUT2D eigenvalue weighted by Crippen LogP contribution is -2.45. The highest BCUT2D eigenvalue weighted by Gasteiger charge is 2.23. The van der Waals surface area contributed by atoms with Crippen LogP contribution in [0.4, 0.5) is 4.79 Å². The van der Waals surface area contributed by atoms with Crippen LogP contribution in [0.3, 0.4) is 0 Å². The third-order valence-electron chi connectivity index (χ3n) is 3.47. The summed E-state index contributed by atoms with van der Waals surface area (Å²) >= 11 is 4.99. The van der Waals surface area contributed by atoms with Gasteiger partial charge in [0.25, 0.3) is 0 Å². The highest BCUT2D eigenvalue weighted by molar-refractivity contribution is 7.80. The van der Waals surface area contributed by atoms with Crippen molar-refractivity contribution in [2.75, 3.05) is 13.1 Å². The first-order valence-corrected chi connectivity index (χ1v) is 6.93. The molecule has 2 amide bonds. The van der Waals surface area contributed by atoms with Crippen LogP contribution >= 0.6 is 12.2 Å². The van der Waals surface area contributed by atoms with Crippen molar-refractivity contribution in [3.05, 3.63) is 35.9 Å². The highest BCUT2D eigenvalue weighted by Crippen LogP contribution is 2.17. The quantitative estimate of drug-likeness (QED) is 0.830. The first kappa shape index (κ1) is 13.8. The Balaban J connectivity index is 1.77. The third kappa shape index (κ3) is 3.92. The van der Waals surface area contributed by atoms with Gasteiger partial charge < -0.3 is 16.0 Å². The summed E-state index contributed by atoms with van der Waals surface area (Å²) in [7, 11) is 0. The Morgan fingerprint density at radius 2 is 1.95 bits per heavy atom. The molecule has 0 atom stereocenters. The van der Waals surface area contributed by atoms with Crippen molar-refractivity contribution in [1.29, 1.82) is 0 Å². The van der Waals surface area contributed by atoms with Gasteiger partial charge in [-0.2, -0.15) is 0 Å². The van der Waals surface area contributed by atoms with E-state index in [1.165, 1.54) is 0 Å². The molecule has 3 N–H and O–H groups in total. The molecular weight excluding hydrogens is 258 g/mol. The first-order chi connectivity index (χ1) is 9.16. The molecule has 1 fully saturated rings. The first-order valence-electron chi connectivity index (χ1n) is 6.53. The van der Waals surface area contributed by atoms with Crippen LogP contribution in [0.2, 0.25) is 0 Å². The van der Waals surface area contributed by atoms with Crippen molar-refractivity contribution in [2.45, 2.75) is 19.4 Å². The van der Waals surface area contributed by atoms with E-state index in [4.69, 9.17) is 18.0 Å². The minimum absolute atomic E-state index is 0.00903. The van der Waals surface area contributed by atoms with Crippen molar-refractivity contribution >= 4 is 23.2 Å². The fourth-order valence-corrected chi connectivity index (χ4v) is 2.49. The van der Waals surface area contributed by atoms with Crippen molar-refractivity contribution in [3.63, 3.8) is 0 Å². The summed E-state index contributed by atoms with van der Waals surface area (Å²) in [6, 6.07) is 9.89. The molecule has 0 bridgehead atoms. The molecule has 0 saturated carbocycles. The zero-order valence-corrected chi connectivity index (χ0v) is 11.7. The Morgan fingerprint density at radius 3 is 2.53 bits per heavy atom. The fourth-order valence-electron chi connectivity index (χ4n) is 2.25. The monoisotopic (exact) mass is 277 g/mol. The molecule has 0 aliphatic carbocycles. The van der Waals surface area contributed by atoms with Crippen molar-refractivity contribution in [2.24, 2.45) is 11.7 Å². The number of rotatable bonds is 3. The number of carbonyl (C=O) groups is 1. The number of amides is 2. The Kier molecular flexibility index (Phi) is 4.74. The Bertz CT molecular complexity index is 441. The number of urea groups is 1. The van der Waals surface area contributed by atoms with Crippen LogP contribution in [-0.2, 0) is 6.54 Å². The van der Waals surface area contributed by atoms with Gasteiger partial charge in [-0.1, -0.05) is 42.5 Å². The molecule has 0 unspecified atom stereocenters. The van der Waals surface area contributed by atoms with Gasteiger partial charge in [-0.25, -0.2) is 4.79 Å². The molecule has 19 heavy (non-hydrogen) atoms. The van der Waals surface area contributed by atoms with Crippen molar-refractivity contribution in [1.82, 2.24) is 10.2 Å². The Morgan fingerprint density at radius 1 is 1.32 bits per heavy atom. The van der Waals surface area contributed by atoms with E-state index in [1.54, 1.807) is 0 Å². The van der Waals surface area contributed by atoms with E-state index in [0.29, 0.717) is 11.5 Å². The maximum atomic E-state index is 12.0. The lowest BCUT2D eigenvalue weighted by atomic mass is 9.97. The summed E-state index contributed by atoms with van der Waals surface area (Å²) in [5.74, 6) is 0.285. The predicted molar refractivity (Wildman–Crippen MR) is 79.8 cm³/mol. The number of nitrogens with zero attached hydrogens (tertiary/aromatic N) is 1. The van der Waals surface area contributed by atoms with Crippen LogP contribution in [0.25, 0.3) is 0 Å². The molecule has 0 radical (unpaired) electrons. The van der Waals surface area contributed by atoms with Crippen molar-refractivity contribution in [3.8, 4) is 0 Å². The number of benzene rings is 1. The minimum atomic E-state index is -0.00903. The number of likely N-dealkylation sites (tertiary alicyclic amines) is 1. The van der Waals surface area contributed by atoms with Crippen LogP contribution in [0, 0.1) is 5.92 Å². The normalized spacial score (nSPS) is 16.1. The number of thiocarbonyl (C=S) groups is 1. The average Bonchev–Trinajstić information content (AvgIpc) is 2.46. The second kappa shape index (κ2) is 6.52. The van der Waals surface area contributed by atoms with Crippen molar-refractivity contribution < 1.29 is 4.79 Å². The summed E-state index contributed by atoms with van der Waals surface area (Å²) in [4.78, 5) is 14.4. The molecule has 0 spiro atoms. The second-order valence-electron chi connectivity index (χ2n) is 4.81. The van der Waals surface area contributed by atoms with Gasteiger partial charge in [0, 0.05) is 25.6 Å². The smallest absolute Gasteiger partial charge is 0.317 e. The van der Waals surface area contributed by atoms with Gasteiger partial charge in [0.1, 0.15) is 0 Å². The van der Waals surface area contributed by atoms with Gasteiger partial charge >= 0.3 is 6.03 Å². The van der Waals surface area contributed by atoms with E-state index in [-0.39, 0.29) is 11.9 Å². The number of nitrogens with one attached hydrogen (secondary N) is 1. The lowest BCUT2D eigenvalue weighted by molar-refractivity contribution is 0.180.